The van der Waals surface area contributed by atoms with E-state index in [1.807, 2.05) is 13.8 Å². The molecule has 0 aromatic heterocycles. The number of rotatable bonds is 7. The van der Waals surface area contributed by atoms with E-state index in [2.05, 4.69) is 6.92 Å². The maximum atomic E-state index is 11.1. The van der Waals surface area contributed by atoms with Crippen LogP contribution in [0.1, 0.15) is 52.9 Å². The van der Waals surface area contributed by atoms with Gasteiger partial charge < -0.3 is 4.74 Å². The summed E-state index contributed by atoms with van der Waals surface area (Å²) in [6.07, 6.45) is 5.19. The quantitative estimate of drug-likeness (QED) is 0.451. The van der Waals surface area contributed by atoms with Crippen LogP contribution in [0.5, 0.6) is 0 Å². The molecule has 0 saturated carbocycles. The summed E-state index contributed by atoms with van der Waals surface area (Å²) in [5.41, 5.74) is 0. The van der Waals surface area contributed by atoms with Crippen molar-refractivity contribution in [3.63, 3.8) is 0 Å². The van der Waals surface area contributed by atoms with Crippen LogP contribution in [-0.4, -0.2) is 12.6 Å². The Morgan fingerprint density at radius 3 is 2.46 bits per heavy atom. The van der Waals surface area contributed by atoms with E-state index in [0.29, 0.717) is 18.9 Å². The van der Waals surface area contributed by atoms with Crippen molar-refractivity contribution in [2.75, 3.05) is 6.61 Å². The highest BCUT2D eigenvalue weighted by molar-refractivity contribution is 5.69. The largest absolute Gasteiger partial charge is 0.466 e. The molecule has 0 amide bonds. The Morgan fingerprint density at radius 2 is 1.92 bits per heavy atom. The zero-order valence-electron chi connectivity index (χ0n) is 9.14. The van der Waals surface area contributed by atoms with Gasteiger partial charge >= 0.3 is 5.97 Å². The second-order valence-electron chi connectivity index (χ2n) is 3.88. The van der Waals surface area contributed by atoms with Crippen LogP contribution in [0.15, 0.2) is 0 Å². The summed E-state index contributed by atoms with van der Waals surface area (Å²) >= 11 is 0. The van der Waals surface area contributed by atoms with Gasteiger partial charge in [-0.3, -0.25) is 4.79 Å². The Labute approximate surface area is 81.7 Å². The summed E-state index contributed by atoms with van der Waals surface area (Å²) in [5, 5.41) is 0. The predicted molar refractivity (Wildman–Crippen MR) is 54.6 cm³/mol. The van der Waals surface area contributed by atoms with Crippen LogP contribution >= 0.6 is 0 Å². The van der Waals surface area contributed by atoms with Gasteiger partial charge in [-0.2, -0.15) is 0 Å². The first-order valence-corrected chi connectivity index (χ1v) is 5.32. The van der Waals surface area contributed by atoms with Crippen molar-refractivity contribution >= 4 is 5.97 Å². The molecular weight excluding hydrogens is 164 g/mol. The minimum atomic E-state index is -0.0495. The average molecular weight is 186 g/mol. The van der Waals surface area contributed by atoms with Gasteiger partial charge in [-0.05, 0) is 12.3 Å². The first-order chi connectivity index (χ1) is 6.16. The van der Waals surface area contributed by atoms with E-state index in [4.69, 9.17) is 4.74 Å². The average Bonchev–Trinajstić information content (AvgIpc) is 2.02. The van der Waals surface area contributed by atoms with Crippen LogP contribution in [0.3, 0.4) is 0 Å². The maximum absolute atomic E-state index is 11.1. The molecule has 0 fully saturated rings. The SMILES string of the molecule is CCCCCCOC(=O)CC(C)C. The molecule has 0 radical (unpaired) electrons. The topological polar surface area (TPSA) is 26.3 Å². The van der Waals surface area contributed by atoms with E-state index in [0.717, 1.165) is 6.42 Å². The van der Waals surface area contributed by atoms with Crippen molar-refractivity contribution in [2.45, 2.75) is 52.9 Å². The fourth-order valence-electron chi connectivity index (χ4n) is 1.11. The fraction of sp³-hybridized carbons (Fsp3) is 0.909. The number of carbonyl (C=O) groups excluding carboxylic acids is 1. The summed E-state index contributed by atoms with van der Waals surface area (Å²) in [6.45, 7) is 6.83. The molecule has 0 aromatic carbocycles. The van der Waals surface area contributed by atoms with Gasteiger partial charge in [-0.1, -0.05) is 40.0 Å². The lowest BCUT2D eigenvalue weighted by atomic mass is 10.1. The van der Waals surface area contributed by atoms with Crippen molar-refractivity contribution in [3.05, 3.63) is 0 Å². The molecule has 0 aliphatic carbocycles. The number of hydrogen-bond acceptors (Lipinski definition) is 2. The number of unbranched alkanes of at least 4 members (excludes halogenated alkanes) is 3. The summed E-state index contributed by atoms with van der Waals surface area (Å²) in [5.74, 6) is 0.356. The Morgan fingerprint density at radius 1 is 1.23 bits per heavy atom. The number of esters is 1. The van der Waals surface area contributed by atoms with Crippen LogP contribution < -0.4 is 0 Å². The summed E-state index contributed by atoms with van der Waals surface area (Å²) in [7, 11) is 0. The van der Waals surface area contributed by atoms with Gasteiger partial charge in [0.2, 0.25) is 0 Å². The Hall–Kier alpha value is -0.530. The first-order valence-electron chi connectivity index (χ1n) is 5.32. The summed E-state index contributed by atoms with van der Waals surface area (Å²) < 4.78 is 5.06. The third kappa shape index (κ3) is 9.38. The van der Waals surface area contributed by atoms with Crippen LogP contribution in [0.2, 0.25) is 0 Å². The van der Waals surface area contributed by atoms with Crippen molar-refractivity contribution in [1.29, 1.82) is 0 Å². The van der Waals surface area contributed by atoms with Gasteiger partial charge in [0.05, 0.1) is 6.61 Å². The molecule has 0 N–H and O–H groups in total. The zero-order chi connectivity index (χ0) is 10.1. The molecule has 0 aliphatic heterocycles. The van der Waals surface area contributed by atoms with E-state index in [1.54, 1.807) is 0 Å². The van der Waals surface area contributed by atoms with Gasteiger partial charge in [0, 0.05) is 6.42 Å². The van der Waals surface area contributed by atoms with Gasteiger partial charge in [0.1, 0.15) is 0 Å². The van der Waals surface area contributed by atoms with Crippen molar-refractivity contribution < 1.29 is 9.53 Å². The highest BCUT2D eigenvalue weighted by Crippen LogP contribution is 2.03. The molecule has 0 heterocycles. The molecule has 0 bridgehead atoms. The first kappa shape index (κ1) is 12.5. The molecular formula is C11H22O2. The van der Waals surface area contributed by atoms with Gasteiger partial charge in [0.25, 0.3) is 0 Å². The molecule has 78 valence electrons. The maximum Gasteiger partial charge on any atom is 0.306 e. The summed E-state index contributed by atoms with van der Waals surface area (Å²) in [6, 6.07) is 0. The lowest BCUT2D eigenvalue weighted by Gasteiger charge is -2.05. The Balaban J connectivity index is 3.17. The predicted octanol–water partition coefficient (Wildman–Crippen LogP) is 3.16. The van der Waals surface area contributed by atoms with E-state index >= 15 is 0 Å². The minimum absolute atomic E-state index is 0.0495. The third-order valence-electron chi connectivity index (χ3n) is 1.84. The van der Waals surface area contributed by atoms with E-state index < -0.39 is 0 Å². The van der Waals surface area contributed by atoms with Crippen molar-refractivity contribution in [3.8, 4) is 0 Å². The molecule has 0 rings (SSSR count). The Kier molecular flexibility index (Phi) is 7.76. The van der Waals surface area contributed by atoms with Crippen LogP contribution in [-0.2, 0) is 9.53 Å². The molecule has 0 aliphatic rings. The highest BCUT2D eigenvalue weighted by atomic mass is 16.5. The summed E-state index contributed by atoms with van der Waals surface area (Å²) in [4.78, 5) is 11.1. The molecule has 0 atom stereocenters. The van der Waals surface area contributed by atoms with E-state index in [9.17, 15) is 4.79 Å². The normalized spacial score (nSPS) is 10.5. The number of carbonyl (C=O) groups is 1. The van der Waals surface area contributed by atoms with Gasteiger partial charge in [-0.15, -0.1) is 0 Å². The second kappa shape index (κ2) is 8.09. The zero-order valence-corrected chi connectivity index (χ0v) is 9.14. The lowest BCUT2D eigenvalue weighted by Crippen LogP contribution is -2.08. The molecule has 0 aromatic rings. The molecule has 0 unspecified atom stereocenters. The van der Waals surface area contributed by atoms with E-state index in [-0.39, 0.29) is 5.97 Å². The van der Waals surface area contributed by atoms with Crippen LogP contribution in [0.25, 0.3) is 0 Å². The van der Waals surface area contributed by atoms with Gasteiger partial charge in [-0.25, -0.2) is 0 Å². The van der Waals surface area contributed by atoms with Crippen molar-refractivity contribution in [2.24, 2.45) is 5.92 Å². The molecule has 0 saturated heterocycles. The van der Waals surface area contributed by atoms with Crippen molar-refractivity contribution in [1.82, 2.24) is 0 Å². The van der Waals surface area contributed by atoms with Crippen LogP contribution in [0.4, 0.5) is 0 Å². The number of ether oxygens (including phenoxy) is 1. The number of hydrogen-bond donors (Lipinski definition) is 0. The standard InChI is InChI=1S/C11H22O2/c1-4-5-6-7-8-13-11(12)9-10(2)3/h10H,4-9H2,1-3H3. The minimum Gasteiger partial charge on any atom is -0.466 e. The molecule has 13 heavy (non-hydrogen) atoms. The highest BCUT2D eigenvalue weighted by Gasteiger charge is 2.04. The fourth-order valence-corrected chi connectivity index (χ4v) is 1.11. The monoisotopic (exact) mass is 186 g/mol. The molecule has 0 spiro atoms. The smallest absolute Gasteiger partial charge is 0.306 e. The van der Waals surface area contributed by atoms with Gasteiger partial charge in [0.15, 0.2) is 0 Å². The molecule has 2 heteroatoms. The molecule has 2 nitrogen and oxygen atoms in total. The van der Waals surface area contributed by atoms with Crippen LogP contribution in [0, 0.1) is 5.92 Å². The second-order valence-corrected chi connectivity index (χ2v) is 3.88. The Bertz CT molecular complexity index is 130. The van der Waals surface area contributed by atoms with E-state index in [1.165, 1.54) is 19.3 Å². The third-order valence-corrected chi connectivity index (χ3v) is 1.84. The lowest BCUT2D eigenvalue weighted by molar-refractivity contribution is -0.144.